The Hall–Kier alpha value is -2.01. The Morgan fingerprint density at radius 3 is 2.85 bits per heavy atom. The molecular formula is C18H24IN7S. The Bertz CT molecular complexity index is 845. The lowest BCUT2D eigenvalue weighted by Crippen LogP contribution is -2.38. The summed E-state index contributed by atoms with van der Waals surface area (Å²) < 4.78 is 1.74. The van der Waals surface area contributed by atoms with Crippen molar-refractivity contribution in [1.29, 1.82) is 0 Å². The molecule has 3 aromatic heterocycles. The van der Waals surface area contributed by atoms with Crippen LogP contribution in [0.5, 0.6) is 0 Å². The van der Waals surface area contributed by atoms with Crippen LogP contribution in [0.4, 0.5) is 0 Å². The molecule has 3 aromatic rings. The Morgan fingerprint density at radius 2 is 2.15 bits per heavy atom. The zero-order valence-electron chi connectivity index (χ0n) is 15.4. The first kappa shape index (κ1) is 21.3. The van der Waals surface area contributed by atoms with Crippen molar-refractivity contribution in [2.75, 3.05) is 13.1 Å². The summed E-state index contributed by atoms with van der Waals surface area (Å²) in [5, 5.41) is 12.0. The van der Waals surface area contributed by atoms with Crippen molar-refractivity contribution >= 4 is 41.3 Å². The van der Waals surface area contributed by atoms with Crippen molar-refractivity contribution in [3.63, 3.8) is 0 Å². The molecule has 7 nitrogen and oxygen atoms in total. The van der Waals surface area contributed by atoms with Gasteiger partial charge in [0.25, 0.3) is 0 Å². The minimum absolute atomic E-state index is 0. The maximum Gasteiger partial charge on any atom is 0.191 e. The van der Waals surface area contributed by atoms with E-state index >= 15 is 0 Å². The Labute approximate surface area is 180 Å². The maximum absolute atomic E-state index is 4.66. The smallest absolute Gasteiger partial charge is 0.191 e. The van der Waals surface area contributed by atoms with Crippen LogP contribution in [0.25, 0.3) is 5.82 Å². The number of rotatable bonds is 7. The molecule has 0 fully saturated rings. The lowest BCUT2D eigenvalue weighted by molar-refractivity contribution is 0.795. The Balaban J connectivity index is 0.00000261. The van der Waals surface area contributed by atoms with Gasteiger partial charge in [0, 0.05) is 49.2 Å². The average Bonchev–Trinajstić information content (AvgIpc) is 3.32. The monoisotopic (exact) mass is 497 g/mol. The predicted octanol–water partition coefficient (Wildman–Crippen LogP) is 2.95. The molecule has 2 N–H and O–H groups in total. The van der Waals surface area contributed by atoms with Gasteiger partial charge >= 0.3 is 0 Å². The minimum Gasteiger partial charge on any atom is -0.357 e. The predicted molar refractivity (Wildman–Crippen MR) is 120 cm³/mol. The summed E-state index contributed by atoms with van der Waals surface area (Å²) in [6.45, 7) is 6.32. The van der Waals surface area contributed by atoms with Gasteiger partial charge in [0.05, 0.1) is 11.6 Å². The summed E-state index contributed by atoms with van der Waals surface area (Å²) in [5.74, 6) is 1.60. The number of hydrogen-bond donors (Lipinski definition) is 2. The molecule has 0 amide bonds. The number of hydrogen-bond acceptors (Lipinski definition) is 5. The molecule has 0 aromatic carbocycles. The van der Waals surface area contributed by atoms with Crippen molar-refractivity contribution in [1.82, 2.24) is 30.4 Å². The number of halogens is 1. The molecule has 0 saturated heterocycles. The quantitative estimate of drug-likeness (QED) is 0.298. The van der Waals surface area contributed by atoms with Crippen LogP contribution in [0.2, 0.25) is 0 Å². The Kier molecular flexibility index (Phi) is 8.65. The zero-order chi connectivity index (χ0) is 18.2. The number of guanidine groups is 1. The fourth-order valence-electron chi connectivity index (χ4n) is 2.41. The minimum atomic E-state index is 0. The summed E-state index contributed by atoms with van der Waals surface area (Å²) in [7, 11) is 0. The van der Waals surface area contributed by atoms with Crippen LogP contribution in [0.15, 0.2) is 48.0 Å². The number of aromatic nitrogens is 4. The molecule has 0 atom stereocenters. The van der Waals surface area contributed by atoms with Crippen LogP contribution in [-0.2, 0) is 13.0 Å². The van der Waals surface area contributed by atoms with Crippen LogP contribution in [0.1, 0.15) is 22.4 Å². The van der Waals surface area contributed by atoms with E-state index in [2.05, 4.69) is 44.5 Å². The molecule has 0 bridgehead atoms. The summed E-state index contributed by atoms with van der Waals surface area (Å²) in [6, 6.07) is 5.85. The topological polar surface area (TPSA) is 80.0 Å². The van der Waals surface area contributed by atoms with E-state index in [0.717, 1.165) is 41.9 Å². The SMILES string of the molecule is CCNC(=NCc1ccnc(-n2cccn2)c1)NCCc1ncc(C)s1.I. The van der Waals surface area contributed by atoms with Gasteiger partial charge in [0.15, 0.2) is 11.8 Å². The van der Waals surface area contributed by atoms with Crippen molar-refractivity contribution in [2.45, 2.75) is 26.8 Å². The van der Waals surface area contributed by atoms with E-state index in [1.165, 1.54) is 4.88 Å². The number of pyridine rings is 1. The molecule has 144 valence electrons. The standard InChI is InChI=1S/C18H23N7S.HI/c1-3-19-18(21-9-6-17-22-12-14(2)26-17)23-13-15-5-8-20-16(11-15)25-10-4-7-24-25;/h4-5,7-8,10-12H,3,6,9,13H2,1-2H3,(H2,19,21,23);1H. The van der Waals surface area contributed by atoms with Gasteiger partial charge < -0.3 is 10.6 Å². The van der Waals surface area contributed by atoms with Gasteiger partial charge in [0.1, 0.15) is 0 Å². The van der Waals surface area contributed by atoms with Gasteiger partial charge in [-0.1, -0.05) is 0 Å². The average molecular weight is 497 g/mol. The van der Waals surface area contributed by atoms with Gasteiger partial charge in [0.2, 0.25) is 0 Å². The van der Waals surface area contributed by atoms with E-state index in [0.29, 0.717) is 6.54 Å². The van der Waals surface area contributed by atoms with Gasteiger partial charge in [-0.15, -0.1) is 35.3 Å². The molecule has 3 rings (SSSR count). The molecule has 27 heavy (non-hydrogen) atoms. The molecule has 0 radical (unpaired) electrons. The third-order valence-corrected chi connectivity index (χ3v) is 4.59. The number of aliphatic imine (C=N–C) groups is 1. The van der Waals surface area contributed by atoms with Gasteiger partial charge in [-0.2, -0.15) is 5.10 Å². The fraction of sp³-hybridized carbons (Fsp3) is 0.333. The van der Waals surface area contributed by atoms with E-state index < -0.39 is 0 Å². The highest BCUT2D eigenvalue weighted by atomic mass is 127. The summed E-state index contributed by atoms with van der Waals surface area (Å²) in [4.78, 5) is 14.6. The molecular weight excluding hydrogens is 473 g/mol. The van der Waals surface area contributed by atoms with Gasteiger partial charge in [-0.3, -0.25) is 0 Å². The number of thiazole rings is 1. The molecule has 0 unspecified atom stereocenters. The number of nitrogens with zero attached hydrogens (tertiary/aromatic N) is 5. The van der Waals surface area contributed by atoms with Gasteiger partial charge in [-0.05, 0) is 37.6 Å². The maximum atomic E-state index is 4.66. The lowest BCUT2D eigenvalue weighted by Gasteiger charge is -2.11. The van der Waals surface area contributed by atoms with Crippen LogP contribution in [0, 0.1) is 6.92 Å². The molecule has 0 aliphatic rings. The van der Waals surface area contributed by atoms with Crippen LogP contribution in [0.3, 0.4) is 0 Å². The van der Waals surface area contributed by atoms with E-state index in [-0.39, 0.29) is 24.0 Å². The molecule has 3 heterocycles. The number of nitrogens with one attached hydrogen (secondary N) is 2. The normalized spacial score (nSPS) is 11.1. The highest BCUT2D eigenvalue weighted by Gasteiger charge is 2.03. The molecule has 0 aliphatic carbocycles. The summed E-state index contributed by atoms with van der Waals surface area (Å²) >= 11 is 1.74. The third-order valence-electron chi connectivity index (χ3n) is 3.61. The highest BCUT2D eigenvalue weighted by Crippen LogP contribution is 2.11. The first-order valence-corrected chi connectivity index (χ1v) is 9.44. The van der Waals surface area contributed by atoms with E-state index in [1.807, 2.05) is 30.6 Å². The first-order valence-electron chi connectivity index (χ1n) is 8.63. The van der Waals surface area contributed by atoms with Crippen LogP contribution in [-0.4, -0.2) is 38.8 Å². The summed E-state index contributed by atoms with van der Waals surface area (Å²) in [5.41, 5.74) is 1.08. The fourth-order valence-corrected chi connectivity index (χ4v) is 3.19. The van der Waals surface area contributed by atoms with Crippen molar-refractivity contribution in [3.8, 4) is 5.82 Å². The Morgan fingerprint density at radius 1 is 1.26 bits per heavy atom. The third kappa shape index (κ3) is 6.58. The van der Waals surface area contributed by atoms with E-state index in [4.69, 9.17) is 0 Å². The second-order valence-corrected chi connectivity index (χ2v) is 7.03. The first-order chi connectivity index (χ1) is 12.7. The highest BCUT2D eigenvalue weighted by molar-refractivity contribution is 14.0. The van der Waals surface area contributed by atoms with Crippen molar-refractivity contribution in [3.05, 3.63) is 58.4 Å². The molecule has 0 spiro atoms. The molecule has 0 aliphatic heterocycles. The van der Waals surface area contributed by atoms with Gasteiger partial charge in [-0.25, -0.2) is 19.6 Å². The van der Waals surface area contributed by atoms with Crippen molar-refractivity contribution in [2.24, 2.45) is 4.99 Å². The summed E-state index contributed by atoms with van der Waals surface area (Å²) in [6.07, 6.45) is 8.21. The van der Waals surface area contributed by atoms with Crippen molar-refractivity contribution < 1.29 is 0 Å². The second kappa shape index (κ2) is 11.0. The molecule has 0 saturated carbocycles. The largest absolute Gasteiger partial charge is 0.357 e. The van der Waals surface area contributed by atoms with Crippen LogP contribution >= 0.6 is 35.3 Å². The van der Waals surface area contributed by atoms with E-state index in [9.17, 15) is 0 Å². The molecule has 9 heteroatoms. The lowest BCUT2D eigenvalue weighted by atomic mass is 10.2. The zero-order valence-corrected chi connectivity index (χ0v) is 18.6. The second-order valence-electron chi connectivity index (χ2n) is 5.71. The van der Waals surface area contributed by atoms with E-state index in [1.54, 1.807) is 28.4 Å². The van der Waals surface area contributed by atoms with Crippen LogP contribution < -0.4 is 10.6 Å². The number of aryl methyl sites for hydroxylation is 1.